The topological polar surface area (TPSA) is 39.9 Å². The summed E-state index contributed by atoms with van der Waals surface area (Å²) in [5.41, 5.74) is -0.880. The van der Waals surface area contributed by atoms with Crippen LogP contribution in [-0.2, 0) is 17.6 Å². The predicted molar refractivity (Wildman–Crippen MR) is 86.7 cm³/mol. The number of fused-ring (bicyclic) bond motifs is 1. The van der Waals surface area contributed by atoms with Crippen molar-refractivity contribution >= 4 is 42.3 Å². The number of hydrogen-bond acceptors (Lipinski definition) is 3. The van der Waals surface area contributed by atoms with Crippen molar-refractivity contribution < 1.29 is 17.9 Å². The molecule has 2 heterocycles. The molecule has 0 saturated heterocycles. The molecule has 2 aromatic heterocycles. The minimum absolute atomic E-state index is 0.00956. The Kier molecular flexibility index (Phi) is 5.30. The molecule has 0 unspecified atom stereocenters. The second-order valence-electron chi connectivity index (χ2n) is 6.32. The Morgan fingerprint density at radius 3 is 2.43 bits per heavy atom. The number of aromatic nitrogens is 3. The van der Waals surface area contributed by atoms with E-state index in [4.69, 9.17) is 27.9 Å². The molecule has 0 aliphatic rings. The lowest BCUT2D eigenvalue weighted by Crippen LogP contribution is -2.22. The van der Waals surface area contributed by atoms with E-state index in [0.717, 1.165) is 16.7 Å². The molecule has 0 amide bonds. The molecular weight excluding hydrogens is 370 g/mol. The van der Waals surface area contributed by atoms with Gasteiger partial charge in [0.2, 0.25) is 5.28 Å². The third kappa shape index (κ3) is 4.59. The van der Waals surface area contributed by atoms with Gasteiger partial charge in [0, 0.05) is 14.7 Å². The molecule has 2 aromatic rings. The number of ether oxygens (including phenoxy) is 1. The van der Waals surface area contributed by atoms with E-state index in [0.29, 0.717) is 6.61 Å². The van der Waals surface area contributed by atoms with Crippen LogP contribution < -0.4 is 0 Å². The average Bonchev–Trinajstić information content (AvgIpc) is 2.72. The highest BCUT2D eigenvalue weighted by molar-refractivity contribution is 6.76. The van der Waals surface area contributed by atoms with E-state index < -0.39 is 19.9 Å². The lowest BCUT2D eigenvalue weighted by atomic mass is 10.3. The van der Waals surface area contributed by atoms with Gasteiger partial charge in [0.25, 0.3) is 0 Å². The van der Waals surface area contributed by atoms with Crippen LogP contribution in [0.4, 0.5) is 13.2 Å². The van der Waals surface area contributed by atoms with Crippen molar-refractivity contribution in [2.45, 2.75) is 38.6 Å². The highest BCUT2D eigenvalue weighted by Crippen LogP contribution is 2.35. The Balaban J connectivity index is 2.35. The molecule has 23 heavy (non-hydrogen) atoms. The van der Waals surface area contributed by atoms with E-state index in [1.54, 1.807) is 0 Å². The standard InChI is InChI=1S/C13H16Cl2F3N3OSi/c1-23(2,3)5-4-22-7-21-9(13(16,17)18)6-8-10(14)19-12(15)20-11(8)21/h6H,4-5,7H2,1-3H3. The number of halogens is 5. The molecule has 0 aliphatic heterocycles. The maximum Gasteiger partial charge on any atom is 0.431 e. The summed E-state index contributed by atoms with van der Waals surface area (Å²) in [5, 5.41) is -0.235. The molecule has 0 saturated carbocycles. The van der Waals surface area contributed by atoms with E-state index in [-0.39, 0.29) is 28.2 Å². The maximum absolute atomic E-state index is 13.2. The number of hydrogen-bond donors (Lipinski definition) is 0. The van der Waals surface area contributed by atoms with Gasteiger partial charge in [-0.3, -0.25) is 4.57 Å². The van der Waals surface area contributed by atoms with Gasteiger partial charge in [-0.05, 0) is 23.7 Å². The van der Waals surface area contributed by atoms with E-state index in [1.165, 1.54) is 0 Å². The first-order chi connectivity index (χ1) is 10.5. The summed E-state index contributed by atoms with van der Waals surface area (Å²) in [4.78, 5) is 7.53. The van der Waals surface area contributed by atoms with Crippen LogP contribution in [0, 0.1) is 0 Å². The Morgan fingerprint density at radius 2 is 1.87 bits per heavy atom. The minimum Gasteiger partial charge on any atom is -0.361 e. The molecule has 0 aromatic carbocycles. The van der Waals surface area contributed by atoms with Crippen LogP contribution in [0.1, 0.15) is 5.69 Å². The summed E-state index contributed by atoms with van der Waals surface area (Å²) in [6, 6.07) is 1.76. The largest absolute Gasteiger partial charge is 0.431 e. The van der Waals surface area contributed by atoms with Crippen molar-refractivity contribution in [2.75, 3.05) is 6.61 Å². The molecule has 128 valence electrons. The van der Waals surface area contributed by atoms with Crippen LogP contribution in [0.3, 0.4) is 0 Å². The Bertz CT molecular complexity index is 713. The molecule has 2 rings (SSSR count). The van der Waals surface area contributed by atoms with Crippen LogP contribution in [0.25, 0.3) is 11.0 Å². The summed E-state index contributed by atoms with van der Waals surface area (Å²) in [5.74, 6) is 0. The first-order valence-electron chi connectivity index (χ1n) is 6.86. The molecule has 0 atom stereocenters. The van der Waals surface area contributed by atoms with Gasteiger partial charge in [-0.25, -0.2) is 4.98 Å². The quantitative estimate of drug-likeness (QED) is 0.312. The van der Waals surface area contributed by atoms with Crippen LogP contribution in [0.5, 0.6) is 0 Å². The fourth-order valence-corrected chi connectivity index (χ4v) is 3.15. The zero-order valence-corrected chi connectivity index (χ0v) is 15.4. The third-order valence-electron chi connectivity index (χ3n) is 3.19. The van der Waals surface area contributed by atoms with Crippen molar-refractivity contribution in [3.63, 3.8) is 0 Å². The fraction of sp³-hybridized carbons (Fsp3) is 0.538. The number of alkyl halides is 3. The summed E-state index contributed by atoms with van der Waals surface area (Å²) < 4.78 is 46.0. The molecule has 0 fully saturated rings. The summed E-state index contributed by atoms with van der Waals surface area (Å²) in [7, 11) is -1.33. The average molecular weight is 386 g/mol. The molecule has 4 nitrogen and oxygen atoms in total. The van der Waals surface area contributed by atoms with E-state index in [1.807, 2.05) is 0 Å². The predicted octanol–water partition coefficient (Wildman–Crippen LogP) is 5.07. The lowest BCUT2D eigenvalue weighted by molar-refractivity contribution is -0.145. The highest BCUT2D eigenvalue weighted by Gasteiger charge is 2.36. The van der Waals surface area contributed by atoms with E-state index >= 15 is 0 Å². The van der Waals surface area contributed by atoms with Crippen LogP contribution in [0.15, 0.2) is 6.07 Å². The molecule has 0 aliphatic carbocycles. The maximum atomic E-state index is 13.2. The molecule has 0 spiro atoms. The fourth-order valence-electron chi connectivity index (χ4n) is 1.96. The molecule has 0 bridgehead atoms. The Morgan fingerprint density at radius 1 is 1.22 bits per heavy atom. The normalized spacial score (nSPS) is 13.0. The van der Waals surface area contributed by atoms with Crippen LogP contribution in [0.2, 0.25) is 36.1 Å². The van der Waals surface area contributed by atoms with E-state index in [2.05, 4.69) is 29.6 Å². The zero-order valence-electron chi connectivity index (χ0n) is 12.8. The second kappa shape index (κ2) is 6.58. The van der Waals surface area contributed by atoms with Crippen molar-refractivity contribution in [3.05, 3.63) is 22.2 Å². The van der Waals surface area contributed by atoms with Gasteiger partial charge in [-0.1, -0.05) is 31.2 Å². The molecule has 0 radical (unpaired) electrons. The number of nitrogens with zero attached hydrogens (tertiary/aromatic N) is 3. The van der Waals surface area contributed by atoms with Crippen LogP contribution in [-0.4, -0.2) is 29.2 Å². The van der Waals surface area contributed by atoms with Gasteiger partial charge >= 0.3 is 6.18 Å². The Labute approximate surface area is 142 Å². The van der Waals surface area contributed by atoms with Crippen molar-refractivity contribution in [3.8, 4) is 0 Å². The van der Waals surface area contributed by atoms with Crippen LogP contribution >= 0.6 is 23.2 Å². The van der Waals surface area contributed by atoms with Crippen molar-refractivity contribution in [2.24, 2.45) is 0 Å². The van der Waals surface area contributed by atoms with Gasteiger partial charge in [0.1, 0.15) is 23.2 Å². The SMILES string of the molecule is C[Si](C)(C)CCOCn1c(C(F)(F)F)cc2c(Cl)nc(Cl)nc21. The van der Waals surface area contributed by atoms with Gasteiger partial charge in [0.15, 0.2) is 0 Å². The van der Waals surface area contributed by atoms with E-state index in [9.17, 15) is 13.2 Å². The highest BCUT2D eigenvalue weighted by atomic mass is 35.5. The third-order valence-corrected chi connectivity index (χ3v) is 5.35. The lowest BCUT2D eigenvalue weighted by Gasteiger charge is -2.17. The summed E-state index contributed by atoms with van der Waals surface area (Å²) >= 11 is 11.6. The number of rotatable bonds is 5. The van der Waals surface area contributed by atoms with Gasteiger partial charge < -0.3 is 4.74 Å². The molecule has 10 heteroatoms. The first kappa shape index (κ1) is 18.5. The monoisotopic (exact) mass is 385 g/mol. The molecular formula is C13H16Cl2F3N3OSi. The Hall–Kier alpha value is -0.833. The van der Waals surface area contributed by atoms with Gasteiger partial charge in [-0.2, -0.15) is 18.2 Å². The zero-order chi connectivity index (χ0) is 17.4. The van der Waals surface area contributed by atoms with Gasteiger partial charge in [-0.15, -0.1) is 0 Å². The molecule has 0 N–H and O–H groups in total. The first-order valence-corrected chi connectivity index (χ1v) is 11.3. The minimum atomic E-state index is -4.56. The van der Waals surface area contributed by atoms with Crippen molar-refractivity contribution in [1.29, 1.82) is 0 Å². The van der Waals surface area contributed by atoms with Crippen molar-refractivity contribution in [1.82, 2.24) is 14.5 Å². The second-order valence-corrected chi connectivity index (χ2v) is 12.6. The smallest absolute Gasteiger partial charge is 0.361 e. The summed E-state index contributed by atoms with van der Waals surface area (Å²) in [6.07, 6.45) is -4.56. The summed E-state index contributed by atoms with van der Waals surface area (Å²) in [6.45, 7) is 6.60. The van der Waals surface area contributed by atoms with Gasteiger partial charge in [0.05, 0.1) is 5.39 Å².